The van der Waals surface area contributed by atoms with Crippen LogP contribution in [-0.4, -0.2) is 82.5 Å². The number of morpholine rings is 1. The summed E-state index contributed by atoms with van der Waals surface area (Å²) in [5.74, 6) is 1.27. The third-order valence-electron chi connectivity index (χ3n) is 7.52. The number of fused-ring (bicyclic) bond motifs is 1. The molecule has 3 atom stereocenters. The van der Waals surface area contributed by atoms with Gasteiger partial charge >= 0.3 is 0 Å². The Labute approximate surface area is 189 Å². The van der Waals surface area contributed by atoms with E-state index in [0.29, 0.717) is 31.6 Å². The van der Waals surface area contributed by atoms with Crippen molar-refractivity contribution in [2.45, 2.75) is 38.3 Å². The summed E-state index contributed by atoms with van der Waals surface area (Å²) in [5.41, 5.74) is -0.398. The molecule has 5 rings (SSSR count). The summed E-state index contributed by atoms with van der Waals surface area (Å²) < 4.78 is 7.42. The van der Waals surface area contributed by atoms with Gasteiger partial charge in [0.05, 0.1) is 25.2 Å². The minimum absolute atomic E-state index is 0.177. The highest BCUT2D eigenvalue weighted by atomic mass is 16.5. The molecule has 1 aliphatic carbocycles. The van der Waals surface area contributed by atoms with Crippen LogP contribution in [-0.2, 0) is 16.1 Å². The second-order valence-corrected chi connectivity index (χ2v) is 9.21. The van der Waals surface area contributed by atoms with Gasteiger partial charge in [0.15, 0.2) is 0 Å². The van der Waals surface area contributed by atoms with Gasteiger partial charge in [-0.25, -0.2) is 9.97 Å². The zero-order chi connectivity index (χ0) is 21.8. The van der Waals surface area contributed by atoms with Crippen LogP contribution in [0.3, 0.4) is 0 Å². The summed E-state index contributed by atoms with van der Waals surface area (Å²) in [4.78, 5) is 27.4. The molecule has 9 heteroatoms. The molecule has 0 radical (unpaired) electrons. The van der Waals surface area contributed by atoms with Gasteiger partial charge in [0, 0.05) is 63.6 Å². The monoisotopic (exact) mass is 439 g/mol. The van der Waals surface area contributed by atoms with Crippen LogP contribution in [0.25, 0.3) is 0 Å². The van der Waals surface area contributed by atoms with Gasteiger partial charge in [-0.2, -0.15) is 5.10 Å². The van der Waals surface area contributed by atoms with Crippen molar-refractivity contribution in [3.63, 3.8) is 0 Å². The van der Waals surface area contributed by atoms with Crippen molar-refractivity contribution < 1.29 is 9.53 Å². The summed E-state index contributed by atoms with van der Waals surface area (Å²) in [5, 5.41) is 7.49. The van der Waals surface area contributed by atoms with E-state index < -0.39 is 5.41 Å². The first kappa shape index (κ1) is 21.3. The van der Waals surface area contributed by atoms with Gasteiger partial charge in [-0.1, -0.05) is 0 Å². The lowest BCUT2D eigenvalue weighted by Crippen LogP contribution is -2.61. The van der Waals surface area contributed by atoms with Gasteiger partial charge in [-0.15, -0.1) is 0 Å². The SMILES string of the molecule is O=C(NCCn1cccn1)[C@@]12CC[C@@H](N3CCOCC3)C[C@H]1CCN(c1ncccn1)C2. The Morgan fingerprint density at radius 2 is 1.97 bits per heavy atom. The first-order chi connectivity index (χ1) is 15.7. The fourth-order valence-corrected chi connectivity index (χ4v) is 5.80. The van der Waals surface area contributed by atoms with E-state index in [2.05, 4.69) is 30.2 Å². The third-order valence-corrected chi connectivity index (χ3v) is 7.52. The fraction of sp³-hybridized carbons (Fsp3) is 0.652. The predicted molar refractivity (Wildman–Crippen MR) is 120 cm³/mol. The van der Waals surface area contributed by atoms with Crippen LogP contribution in [0.15, 0.2) is 36.9 Å². The van der Waals surface area contributed by atoms with Crippen molar-refractivity contribution >= 4 is 11.9 Å². The number of rotatable bonds is 6. The number of piperidine rings is 1. The molecular formula is C23H33N7O2. The predicted octanol–water partition coefficient (Wildman–Crippen LogP) is 1.19. The lowest BCUT2D eigenvalue weighted by molar-refractivity contribution is -0.139. The average molecular weight is 440 g/mol. The molecule has 32 heavy (non-hydrogen) atoms. The number of aromatic nitrogens is 4. The van der Waals surface area contributed by atoms with Crippen molar-refractivity contribution in [3.8, 4) is 0 Å². The van der Waals surface area contributed by atoms with E-state index in [1.54, 1.807) is 18.6 Å². The fourth-order valence-electron chi connectivity index (χ4n) is 5.80. The first-order valence-electron chi connectivity index (χ1n) is 11.8. The summed E-state index contributed by atoms with van der Waals surface area (Å²) in [6.07, 6.45) is 11.3. The molecule has 3 fully saturated rings. The quantitative estimate of drug-likeness (QED) is 0.723. The van der Waals surface area contributed by atoms with Crippen molar-refractivity contribution in [3.05, 3.63) is 36.9 Å². The Morgan fingerprint density at radius 3 is 2.75 bits per heavy atom. The van der Waals surface area contributed by atoms with Crippen LogP contribution in [0.1, 0.15) is 25.7 Å². The van der Waals surface area contributed by atoms with Crippen molar-refractivity contribution in [1.29, 1.82) is 0 Å². The van der Waals surface area contributed by atoms with Gasteiger partial charge in [0.1, 0.15) is 0 Å². The highest BCUT2D eigenvalue weighted by Crippen LogP contribution is 2.48. The Bertz CT molecular complexity index is 872. The lowest BCUT2D eigenvalue weighted by Gasteiger charge is -2.53. The third kappa shape index (κ3) is 4.36. The van der Waals surface area contributed by atoms with Gasteiger partial charge in [-0.3, -0.25) is 14.4 Å². The van der Waals surface area contributed by atoms with Crippen LogP contribution < -0.4 is 10.2 Å². The lowest BCUT2D eigenvalue weighted by atomic mass is 9.61. The molecule has 0 bridgehead atoms. The Hall–Kier alpha value is -2.52. The topological polar surface area (TPSA) is 88.4 Å². The zero-order valence-electron chi connectivity index (χ0n) is 18.6. The number of hydrogen-bond acceptors (Lipinski definition) is 7. The highest BCUT2D eigenvalue weighted by molar-refractivity contribution is 5.84. The number of hydrogen-bond donors (Lipinski definition) is 1. The second-order valence-electron chi connectivity index (χ2n) is 9.21. The standard InChI is InChI=1S/C23H33N7O2/c31-21(24-9-12-30-10-2-8-27-30)23-5-3-20(28-13-15-32-16-14-28)17-19(23)4-11-29(18-23)22-25-6-1-7-26-22/h1-2,6-8,10,19-20H,3-5,9,11-18H2,(H,24,31)/t19-,20-,23-/m1/s1. The van der Waals surface area contributed by atoms with E-state index in [4.69, 9.17) is 4.74 Å². The molecule has 172 valence electrons. The molecule has 9 nitrogen and oxygen atoms in total. The van der Waals surface area contributed by atoms with Crippen LogP contribution in [0, 0.1) is 11.3 Å². The number of carbonyl (C=O) groups is 1. The number of anilines is 1. The number of ether oxygens (including phenoxy) is 1. The molecule has 1 N–H and O–H groups in total. The zero-order valence-corrected chi connectivity index (χ0v) is 18.6. The molecule has 2 aromatic rings. The van der Waals surface area contributed by atoms with E-state index in [1.165, 1.54) is 0 Å². The van der Waals surface area contributed by atoms with Crippen molar-refractivity contribution in [1.82, 2.24) is 30.0 Å². The van der Waals surface area contributed by atoms with Gasteiger partial charge in [-0.05, 0) is 43.7 Å². The molecule has 2 aromatic heterocycles. The molecule has 2 aliphatic heterocycles. The summed E-state index contributed by atoms with van der Waals surface area (Å²) >= 11 is 0. The van der Waals surface area contributed by atoms with Gasteiger partial charge in [0.25, 0.3) is 0 Å². The molecule has 4 heterocycles. The molecular weight excluding hydrogens is 406 g/mol. The van der Waals surface area contributed by atoms with E-state index in [0.717, 1.165) is 64.5 Å². The Balaban J connectivity index is 1.31. The van der Waals surface area contributed by atoms with E-state index >= 15 is 0 Å². The average Bonchev–Trinajstić information content (AvgIpc) is 3.38. The normalized spacial score (nSPS) is 28.8. The van der Waals surface area contributed by atoms with Crippen LogP contribution >= 0.6 is 0 Å². The molecule has 0 spiro atoms. The summed E-state index contributed by atoms with van der Waals surface area (Å²) in [6.45, 7) is 6.50. The minimum Gasteiger partial charge on any atom is -0.379 e. The molecule has 1 amide bonds. The maximum absolute atomic E-state index is 13.7. The first-order valence-corrected chi connectivity index (χ1v) is 11.8. The Kier molecular flexibility index (Phi) is 6.36. The molecule has 2 saturated heterocycles. The Morgan fingerprint density at radius 1 is 1.12 bits per heavy atom. The van der Waals surface area contributed by atoms with E-state index in [9.17, 15) is 4.79 Å². The van der Waals surface area contributed by atoms with Crippen LogP contribution in [0.2, 0.25) is 0 Å². The van der Waals surface area contributed by atoms with Gasteiger partial charge < -0.3 is 15.0 Å². The van der Waals surface area contributed by atoms with Crippen LogP contribution in [0.4, 0.5) is 5.95 Å². The maximum Gasteiger partial charge on any atom is 0.228 e. The van der Waals surface area contributed by atoms with Crippen LogP contribution in [0.5, 0.6) is 0 Å². The molecule has 0 unspecified atom stereocenters. The molecule has 1 saturated carbocycles. The molecule has 0 aromatic carbocycles. The van der Waals surface area contributed by atoms with Crippen molar-refractivity contribution in [2.75, 3.05) is 50.8 Å². The number of nitrogens with zero attached hydrogens (tertiary/aromatic N) is 6. The van der Waals surface area contributed by atoms with E-state index in [-0.39, 0.29) is 5.91 Å². The summed E-state index contributed by atoms with van der Waals surface area (Å²) in [7, 11) is 0. The van der Waals surface area contributed by atoms with Crippen molar-refractivity contribution in [2.24, 2.45) is 11.3 Å². The minimum atomic E-state index is -0.398. The number of amides is 1. The second kappa shape index (κ2) is 9.54. The largest absolute Gasteiger partial charge is 0.379 e. The smallest absolute Gasteiger partial charge is 0.228 e. The maximum atomic E-state index is 13.7. The molecule has 3 aliphatic rings. The van der Waals surface area contributed by atoms with E-state index in [1.807, 2.05) is 23.0 Å². The van der Waals surface area contributed by atoms with Gasteiger partial charge in [0.2, 0.25) is 11.9 Å². The number of nitrogens with one attached hydrogen (secondary N) is 1. The number of carbonyl (C=O) groups excluding carboxylic acids is 1. The summed E-state index contributed by atoms with van der Waals surface area (Å²) in [6, 6.07) is 4.29. The highest BCUT2D eigenvalue weighted by Gasteiger charge is 2.52.